The van der Waals surface area contributed by atoms with Crippen molar-refractivity contribution in [3.8, 4) is 22.9 Å². The maximum atomic E-state index is 13.3. The molecule has 1 aliphatic heterocycles. The number of piperidine rings is 1. The number of alkyl halides is 2. The van der Waals surface area contributed by atoms with E-state index in [0.29, 0.717) is 88.9 Å². The normalized spacial score (nSPS) is 18.6. The highest BCUT2D eigenvalue weighted by Gasteiger charge is 2.35. The number of likely N-dealkylation sites (tertiary alicyclic amines) is 1. The molecule has 6 aromatic rings. The summed E-state index contributed by atoms with van der Waals surface area (Å²) in [7, 11) is -6.66. The maximum absolute atomic E-state index is 13.3. The van der Waals surface area contributed by atoms with E-state index in [2.05, 4.69) is 67.3 Å². The lowest BCUT2D eigenvalue weighted by molar-refractivity contribution is 0.0943. The number of oxazole rings is 2. The Morgan fingerprint density at radius 2 is 1.03 bits per heavy atom. The lowest BCUT2D eigenvalue weighted by Crippen LogP contribution is -2.43. The fraction of sp³-hybridized carbons (Fsp3) is 0.483. The Morgan fingerprint density at radius 3 is 1.42 bits per heavy atom. The number of carbonyl (C=O) groups is 2. The van der Waals surface area contributed by atoms with Gasteiger partial charge in [0.25, 0.3) is 11.8 Å². The molecule has 4 N–H and O–H groups in total. The zero-order chi connectivity index (χ0) is 55.5. The monoisotopic (exact) mass is 1270 g/mol. The van der Waals surface area contributed by atoms with Crippen molar-refractivity contribution < 1.29 is 35.3 Å². The minimum atomic E-state index is -3.33. The molecule has 2 aromatic carbocycles. The third kappa shape index (κ3) is 19.1. The van der Waals surface area contributed by atoms with Crippen LogP contribution in [0.4, 0.5) is 0 Å². The second-order valence-electron chi connectivity index (χ2n) is 20.4. The number of carbonyl (C=O) groups excluding carboxylic acids is 2. The molecule has 79 heavy (non-hydrogen) atoms. The molecular formula is C58H75Br2ClN8O8S2. The van der Waals surface area contributed by atoms with E-state index < -0.39 is 19.7 Å². The second-order valence-corrected chi connectivity index (χ2v) is 26.6. The molecule has 0 unspecified atom stereocenters. The number of rotatable bonds is 19. The van der Waals surface area contributed by atoms with Crippen molar-refractivity contribution >= 4 is 75.8 Å². The van der Waals surface area contributed by atoms with Gasteiger partial charge in [-0.3, -0.25) is 19.6 Å². The van der Waals surface area contributed by atoms with Crippen LogP contribution in [0.3, 0.4) is 0 Å². The van der Waals surface area contributed by atoms with Crippen molar-refractivity contribution in [1.29, 1.82) is 0 Å². The third-order valence-corrected chi connectivity index (χ3v) is 20.1. The predicted octanol–water partition coefficient (Wildman–Crippen LogP) is 11.2. The number of sulfone groups is 2. The number of nitrogens with two attached hydrogens (primary N) is 1. The van der Waals surface area contributed by atoms with Gasteiger partial charge in [-0.1, -0.05) is 56.8 Å². The second kappa shape index (κ2) is 31.4. The molecule has 0 atom stereocenters. The lowest BCUT2D eigenvalue weighted by Gasteiger charge is -2.38. The number of aromatic nitrogens is 4. The molecule has 1 saturated heterocycles. The maximum Gasteiger partial charge on any atom is 0.251 e. The molecule has 4 aromatic heterocycles. The number of unbranched alkanes of at least 4 members (excludes halogenated alkanes) is 2. The van der Waals surface area contributed by atoms with Crippen LogP contribution in [0.25, 0.3) is 22.9 Å². The van der Waals surface area contributed by atoms with Gasteiger partial charge in [-0.15, -0.1) is 12.4 Å². The van der Waals surface area contributed by atoms with Crippen LogP contribution in [0.15, 0.2) is 106 Å². The Bertz CT molecular complexity index is 3040. The number of nitrogens with one attached hydrogen (secondary N) is 2. The highest BCUT2D eigenvalue weighted by Crippen LogP contribution is 2.33. The standard InChI is InChI=1S/C29H36N4O4S.C24H28N4O4S.C5H10Br2.ClH/c1-21-27(20-38(35,36)26-13-11-25(12-14-26)33-16-3-2-4-17-33)32-29(37-21)24-9-7-23(8-10-24)28(34)31-19-22-6-5-15-30-18-22;1-16-22(15-33(30,31)21-10-8-20(25)9-11-21)28-24(32-16)19-6-4-18(5-7-19)23(29)27-14-17-3-2-12-26-13-17;6-4-2-1-3-5-7;/h5-10,15,18,25-26H,2-4,11-14,16-17,19-20H2,1H3,(H,31,34);2-7,12-13,20-21H,8-11,14-15,25H2,1H3,(H,27,29);1-5H2;1H. The first kappa shape index (κ1) is 63.4. The SMILES string of the molecule is BrCCCCCBr.Cc1oc(-c2ccc(C(=O)NCc3cccnc3)cc2)nc1CS(=O)(=O)C1CCC(N)CC1.Cc1oc(-c2ccc(C(=O)NCc3cccnc3)cc2)nc1CS(=O)(=O)C1CCC(N2CCCCC2)CC1.Cl. The number of nitrogens with zero attached hydrogens (tertiary/aromatic N) is 5. The molecule has 5 heterocycles. The van der Waals surface area contributed by atoms with Crippen LogP contribution in [0.1, 0.15) is 145 Å². The Labute approximate surface area is 489 Å². The van der Waals surface area contributed by atoms with E-state index in [-0.39, 0.29) is 52.3 Å². The van der Waals surface area contributed by atoms with Crippen molar-refractivity contribution in [3.05, 3.63) is 143 Å². The summed E-state index contributed by atoms with van der Waals surface area (Å²) in [5.74, 6) is 1.07. The Morgan fingerprint density at radius 1 is 0.608 bits per heavy atom. The summed E-state index contributed by atoms with van der Waals surface area (Å²) in [6, 6.07) is 21.9. The van der Waals surface area contributed by atoms with Crippen molar-refractivity contribution in [2.75, 3.05) is 23.7 Å². The molecule has 0 spiro atoms. The van der Waals surface area contributed by atoms with E-state index in [4.69, 9.17) is 14.6 Å². The molecule has 0 bridgehead atoms. The first-order valence-electron chi connectivity index (χ1n) is 27.1. The predicted molar refractivity (Wildman–Crippen MR) is 320 cm³/mol. The molecule has 3 aliphatic rings. The first-order chi connectivity index (χ1) is 37.6. The number of amides is 2. The summed E-state index contributed by atoms with van der Waals surface area (Å²) in [6.07, 6.45) is 20.6. The number of hydrogen-bond acceptors (Lipinski definition) is 14. The fourth-order valence-corrected chi connectivity index (χ4v) is 14.5. The average Bonchev–Trinajstić information content (AvgIpc) is 4.02. The Hall–Kier alpha value is -4.83. The van der Waals surface area contributed by atoms with Crippen LogP contribution in [-0.2, 0) is 44.3 Å². The van der Waals surface area contributed by atoms with Gasteiger partial charge in [0.2, 0.25) is 11.8 Å². The molecular weight excluding hydrogens is 1200 g/mol. The van der Waals surface area contributed by atoms with Gasteiger partial charge < -0.3 is 30.1 Å². The van der Waals surface area contributed by atoms with Crippen molar-refractivity contribution in [2.45, 2.75) is 151 Å². The van der Waals surface area contributed by atoms with Gasteiger partial charge in [0.05, 0.1) is 33.4 Å². The highest BCUT2D eigenvalue weighted by atomic mass is 79.9. The molecule has 428 valence electrons. The van der Waals surface area contributed by atoms with E-state index in [1.54, 1.807) is 87.2 Å². The van der Waals surface area contributed by atoms with E-state index in [1.165, 1.54) is 38.5 Å². The third-order valence-electron chi connectivity index (χ3n) is 14.7. The van der Waals surface area contributed by atoms with Crippen LogP contribution in [-0.4, -0.2) is 99.8 Å². The number of aryl methyl sites for hydroxylation is 2. The smallest absolute Gasteiger partial charge is 0.251 e. The fourth-order valence-electron chi connectivity index (χ4n) is 9.96. The van der Waals surface area contributed by atoms with Gasteiger partial charge in [0.15, 0.2) is 19.7 Å². The largest absolute Gasteiger partial charge is 0.441 e. The van der Waals surface area contributed by atoms with Gasteiger partial charge in [-0.2, -0.15) is 0 Å². The molecule has 9 rings (SSSR count). The van der Waals surface area contributed by atoms with Crippen LogP contribution in [0.2, 0.25) is 0 Å². The summed E-state index contributed by atoms with van der Waals surface area (Å²) in [6.45, 7) is 6.57. The van der Waals surface area contributed by atoms with Crippen molar-refractivity contribution in [3.63, 3.8) is 0 Å². The first-order valence-corrected chi connectivity index (χ1v) is 32.8. The zero-order valence-corrected chi connectivity index (χ0v) is 50.8. The van der Waals surface area contributed by atoms with Crippen LogP contribution >= 0.6 is 44.3 Å². The summed E-state index contributed by atoms with van der Waals surface area (Å²) < 4.78 is 63.9. The van der Waals surface area contributed by atoms with E-state index in [1.807, 2.05) is 24.3 Å². The highest BCUT2D eigenvalue weighted by molar-refractivity contribution is 9.09. The number of benzene rings is 2. The number of pyridine rings is 2. The van der Waals surface area contributed by atoms with Gasteiger partial charge in [0.1, 0.15) is 11.5 Å². The molecule has 16 nitrogen and oxygen atoms in total. The summed E-state index contributed by atoms with van der Waals surface area (Å²) >= 11 is 6.73. The molecule has 2 aliphatic carbocycles. The van der Waals surface area contributed by atoms with Gasteiger partial charge in [0, 0.05) is 82.9 Å². The summed E-state index contributed by atoms with van der Waals surface area (Å²) in [4.78, 5) is 44.5. The minimum absolute atomic E-state index is 0. The quantitative estimate of drug-likeness (QED) is 0.0506. The van der Waals surface area contributed by atoms with E-state index in [9.17, 15) is 26.4 Å². The molecule has 0 radical (unpaired) electrons. The van der Waals surface area contributed by atoms with Gasteiger partial charge >= 0.3 is 0 Å². The Kier molecular flexibility index (Phi) is 25.2. The zero-order valence-electron chi connectivity index (χ0n) is 45.2. The molecule has 2 amide bonds. The summed E-state index contributed by atoms with van der Waals surface area (Å²) in [5, 5.41) is 7.35. The van der Waals surface area contributed by atoms with Crippen LogP contribution < -0.4 is 16.4 Å². The molecule has 3 fully saturated rings. The van der Waals surface area contributed by atoms with E-state index in [0.717, 1.165) is 73.4 Å². The lowest BCUT2D eigenvalue weighted by atomic mass is 9.92. The van der Waals surface area contributed by atoms with E-state index >= 15 is 0 Å². The van der Waals surface area contributed by atoms with Crippen LogP contribution in [0, 0.1) is 13.8 Å². The minimum Gasteiger partial charge on any atom is -0.441 e. The van der Waals surface area contributed by atoms with Gasteiger partial charge in [-0.05, 0) is 176 Å². The summed E-state index contributed by atoms with van der Waals surface area (Å²) in [5.41, 5.74) is 11.0. The van der Waals surface area contributed by atoms with Crippen molar-refractivity contribution in [2.24, 2.45) is 5.73 Å². The number of hydrogen-bond donors (Lipinski definition) is 3. The average molecular weight is 1270 g/mol. The van der Waals surface area contributed by atoms with Crippen LogP contribution in [0.5, 0.6) is 0 Å². The number of halogens is 3. The molecule has 2 saturated carbocycles. The molecule has 21 heteroatoms. The topological polar surface area (TPSA) is 234 Å². The van der Waals surface area contributed by atoms with Gasteiger partial charge in [-0.25, -0.2) is 26.8 Å². The van der Waals surface area contributed by atoms with Crippen molar-refractivity contribution in [1.82, 2.24) is 35.5 Å². The Balaban J connectivity index is 0.000000227.